The number of likely N-dealkylation sites (tertiary alicyclic amines) is 1. The maximum absolute atomic E-state index is 13.9. The SMILES string of the molecule is CC(=O)c1nn(CC(=O)N2[C@H](C(=O)Nc3nc(Br)ccc3C)C[C@@]3(C)C[C@@H]23)c2c(C)cc(-c3cnc(C(C)O)nc3)cc12. The van der Waals surface area contributed by atoms with Crippen LogP contribution in [0.1, 0.15) is 67.2 Å². The number of halogens is 1. The fourth-order valence-electron chi connectivity index (χ4n) is 6.17. The van der Waals surface area contributed by atoms with Gasteiger partial charge in [0.1, 0.15) is 34.8 Å². The number of hydrogen-bond donors (Lipinski definition) is 2. The number of aliphatic hydroxyl groups is 1. The number of nitrogens with one attached hydrogen (secondary N) is 1. The third-order valence-corrected chi connectivity index (χ3v) is 9.00. The summed E-state index contributed by atoms with van der Waals surface area (Å²) in [5.41, 5.74) is 3.99. The molecule has 4 aromatic rings. The molecule has 2 aliphatic rings. The number of rotatable bonds is 7. The van der Waals surface area contributed by atoms with E-state index in [1.807, 2.05) is 38.1 Å². The van der Waals surface area contributed by atoms with Gasteiger partial charge in [-0.15, -0.1) is 0 Å². The van der Waals surface area contributed by atoms with Gasteiger partial charge in [-0.1, -0.05) is 13.0 Å². The third-order valence-electron chi connectivity index (χ3n) is 8.56. The Morgan fingerprint density at radius 3 is 2.51 bits per heavy atom. The van der Waals surface area contributed by atoms with Gasteiger partial charge in [-0.25, -0.2) is 15.0 Å². The zero-order valence-corrected chi connectivity index (χ0v) is 26.1. The van der Waals surface area contributed by atoms with Gasteiger partial charge >= 0.3 is 0 Å². The van der Waals surface area contributed by atoms with Gasteiger partial charge in [0.2, 0.25) is 11.8 Å². The Morgan fingerprint density at radius 2 is 1.84 bits per heavy atom. The van der Waals surface area contributed by atoms with Gasteiger partial charge < -0.3 is 15.3 Å². The first-order chi connectivity index (χ1) is 20.4. The van der Waals surface area contributed by atoms with E-state index in [1.54, 1.807) is 28.9 Å². The van der Waals surface area contributed by atoms with Gasteiger partial charge in [0.15, 0.2) is 11.6 Å². The normalized spacial score (nSPS) is 21.5. The van der Waals surface area contributed by atoms with Crippen molar-refractivity contribution in [1.82, 2.24) is 29.6 Å². The van der Waals surface area contributed by atoms with Crippen molar-refractivity contribution in [3.8, 4) is 11.1 Å². The lowest BCUT2D eigenvalue weighted by Gasteiger charge is -2.27. The number of benzene rings is 1. The first-order valence-corrected chi connectivity index (χ1v) is 14.9. The maximum Gasteiger partial charge on any atom is 0.248 e. The van der Waals surface area contributed by atoms with Crippen molar-refractivity contribution in [3.63, 3.8) is 0 Å². The van der Waals surface area contributed by atoms with Crippen molar-refractivity contribution in [2.24, 2.45) is 5.41 Å². The predicted octanol–water partition coefficient (Wildman–Crippen LogP) is 4.54. The lowest BCUT2D eigenvalue weighted by atomic mass is 10.0. The molecule has 1 saturated carbocycles. The summed E-state index contributed by atoms with van der Waals surface area (Å²) in [5.74, 6) is 0.0591. The third kappa shape index (κ3) is 5.22. The van der Waals surface area contributed by atoms with Crippen LogP contribution in [0.3, 0.4) is 0 Å². The van der Waals surface area contributed by atoms with E-state index in [0.29, 0.717) is 33.6 Å². The minimum atomic E-state index is -0.783. The van der Waals surface area contributed by atoms with Gasteiger partial charge in [-0.2, -0.15) is 5.10 Å². The topological polar surface area (TPSA) is 143 Å². The van der Waals surface area contributed by atoms with Gasteiger partial charge in [0.25, 0.3) is 0 Å². The molecular weight excluding hydrogens is 614 g/mol. The number of amides is 2. The van der Waals surface area contributed by atoms with Crippen LogP contribution in [0, 0.1) is 19.3 Å². The molecule has 1 unspecified atom stereocenters. The minimum absolute atomic E-state index is 0.0290. The fourth-order valence-corrected chi connectivity index (χ4v) is 6.48. The summed E-state index contributed by atoms with van der Waals surface area (Å²) in [5, 5.41) is 17.9. The Morgan fingerprint density at radius 1 is 1.12 bits per heavy atom. The van der Waals surface area contributed by atoms with Gasteiger partial charge in [-0.3, -0.25) is 19.1 Å². The van der Waals surface area contributed by atoms with Crippen molar-refractivity contribution >= 4 is 50.2 Å². The molecule has 2 N–H and O–H groups in total. The number of ketones is 1. The quantitative estimate of drug-likeness (QED) is 0.220. The smallest absolute Gasteiger partial charge is 0.248 e. The molecule has 2 fully saturated rings. The van der Waals surface area contributed by atoms with Gasteiger partial charge in [0, 0.05) is 36.3 Å². The molecule has 0 radical (unpaired) electrons. The molecular formula is C31H32BrN7O4. The summed E-state index contributed by atoms with van der Waals surface area (Å²) < 4.78 is 2.19. The molecule has 43 heavy (non-hydrogen) atoms. The summed E-state index contributed by atoms with van der Waals surface area (Å²) in [6.45, 7) is 8.81. The van der Waals surface area contributed by atoms with Gasteiger partial charge in [-0.05, 0) is 89.8 Å². The number of Topliss-reactive ketones (excluding diaryl/α,β-unsaturated/α-hetero) is 1. The molecule has 3 aromatic heterocycles. The molecule has 0 spiro atoms. The second kappa shape index (κ2) is 10.6. The van der Waals surface area contributed by atoms with Crippen LogP contribution in [0.25, 0.3) is 22.0 Å². The lowest BCUT2D eigenvalue weighted by molar-refractivity contribution is -0.138. The van der Waals surface area contributed by atoms with Crippen LogP contribution in [-0.4, -0.2) is 64.4 Å². The summed E-state index contributed by atoms with van der Waals surface area (Å²) >= 11 is 3.35. The highest BCUT2D eigenvalue weighted by atomic mass is 79.9. The first kappa shape index (κ1) is 29.1. The fraction of sp³-hybridized carbons (Fsp3) is 0.387. The second-order valence-electron chi connectivity index (χ2n) is 11.9. The molecule has 1 saturated heterocycles. The van der Waals surface area contributed by atoms with E-state index in [4.69, 9.17) is 0 Å². The molecule has 1 aliphatic heterocycles. The number of aliphatic hydroxyl groups excluding tert-OH is 1. The van der Waals surface area contributed by atoms with Crippen LogP contribution in [0.15, 0.2) is 41.3 Å². The zero-order valence-electron chi connectivity index (χ0n) is 24.6. The van der Waals surface area contributed by atoms with Crippen molar-refractivity contribution in [1.29, 1.82) is 0 Å². The number of anilines is 1. The minimum Gasteiger partial charge on any atom is -0.385 e. The van der Waals surface area contributed by atoms with Crippen molar-refractivity contribution in [3.05, 3.63) is 63.9 Å². The Labute approximate surface area is 256 Å². The number of aryl methyl sites for hydroxylation is 2. The highest BCUT2D eigenvalue weighted by molar-refractivity contribution is 9.10. The van der Waals surface area contributed by atoms with E-state index in [-0.39, 0.29) is 41.3 Å². The summed E-state index contributed by atoms with van der Waals surface area (Å²) in [6, 6.07) is 6.80. The van der Waals surface area contributed by atoms with Gasteiger partial charge in [0.05, 0.1) is 5.52 Å². The number of hydrogen-bond acceptors (Lipinski definition) is 8. The highest BCUT2D eigenvalue weighted by Gasteiger charge is 2.64. The van der Waals surface area contributed by atoms with Crippen molar-refractivity contribution in [2.45, 2.75) is 72.2 Å². The Balaban J connectivity index is 1.31. The number of carbonyl (C=O) groups is 3. The van der Waals surface area contributed by atoms with Crippen LogP contribution in [-0.2, 0) is 16.1 Å². The van der Waals surface area contributed by atoms with E-state index in [0.717, 1.165) is 28.7 Å². The standard InChI is InChI=1S/C31H32BrN7O4/c1-15-6-7-24(32)35-28(15)36-30(43)22-10-31(5)11-23(31)39(22)25(42)14-38-27-16(2)8-19(9-21(27)26(37-38)17(3)40)20-12-33-29(18(4)41)34-13-20/h6-9,12-13,18,22-23,41H,10-11,14H2,1-5H3,(H,35,36,43)/t18?,22-,23+,31-/m0/s1. The molecule has 6 rings (SSSR count). The molecule has 4 atom stereocenters. The maximum atomic E-state index is 13.9. The monoisotopic (exact) mass is 645 g/mol. The first-order valence-electron chi connectivity index (χ1n) is 14.1. The van der Waals surface area contributed by atoms with Crippen molar-refractivity contribution < 1.29 is 19.5 Å². The Kier molecular flexibility index (Phi) is 7.16. The van der Waals surface area contributed by atoms with E-state index >= 15 is 0 Å². The Hall–Kier alpha value is -4.03. The molecule has 4 heterocycles. The van der Waals surface area contributed by atoms with Crippen LogP contribution in [0.4, 0.5) is 5.82 Å². The van der Waals surface area contributed by atoms with E-state index in [1.165, 1.54) is 6.92 Å². The average molecular weight is 647 g/mol. The summed E-state index contributed by atoms with van der Waals surface area (Å²) in [7, 11) is 0. The largest absolute Gasteiger partial charge is 0.385 e. The number of nitrogens with zero attached hydrogens (tertiary/aromatic N) is 6. The number of aromatic nitrogens is 5. The number of pyridine rings is 1. The highest BCUT2D eigenvalue weighted by Crippen LogP contribution is 2.59. The molecule has 0 bridgehead atoms. The van der Waals surface area contributed by atoms with Crippen LogP contribution < -0.4 is 5.32 Å². The lowest BCUT2D eigenvalue weighted by Crippen LogP contribution is -2.47. The number of piperidine rings is 1. The summed E-state index contributed by atoms with van der Waals surface area (Å²) in [4.78, 5) is 54.7. The molecule has 1 aliphatic carbocycles. The molecule has 2 amide bonds. The number of fused-ring (bicyclic) bond motifs is 2. The van der Waals surface area contributed by atoms with E-state index in [9.17, 15) is 19.5 Å². The molecule has 222 valence electrons. The zero-order chi connectivity index (χ0) is 30.8. The average Bonchev–Trinajstić information content (AvgIpc) is 3.31. The molecule has 11 nitrogen and oxygen atoms in total. The van der Waals surface area contributed by atoms with E-state index in [2.05, 4.69) is 48.2 Å². The molecule has 1 aromatic carbocycles. The van der Waals surface area contributed by atoms with Crippen LogP contribution in [0.2, 0.25) is 0 Å². The molecule has 12 heteroatoms. The number of carbonyl (C=O) groups excluding carboxylic acids is 3. The van der Waals surface area contributed by atoms with Crippen molar-refractivity contribution in [2.75, 3.05) is 5.32 Å². The Bertz CT molecular complexity index is 1800. The second-order valence-corrected chi connectivity index (χ2v) is 12.8. The summed E-state index contributed by atoms with van der Waals surface area (Å²) in [6.07, 6.45) is 3.89. The predicted molar refractivity (Wildman–Crippen MR) is 163 cm³/mol. The van der Waals surface area contributed by atoms with Crippen LogP contribution in [0.5, 0.6) is 0 Å². The van der Waals surface area contributed by atoms with Crippen LogP contribution >= 0.6 is 15.9 Å². The van der Waals surface area contributed by atoms with E-state index < -0.39 is 12.1 Å².